The maximum absolute atomic E-state index is 13.8. The monoisotopic (exact) mass is 283 g/mol. The van der Waals surface area contributed by atoms with E-state index in [1.54, 1.807) is 12.1 Å². The van der Waals surface area contributed by atoms with Crippen LogP contribution in [0.15, 0.2) is 22.7 Å². The molecule has 2 aliphatic rings. The predicted molar refractivity (Wildman–Crippen MR) is 66.0 cm³/mol. The van der Waals surface area contributed by atoms with Gasteiger partial charge in [-0.25, -0.2) is 4.39 Å². The molecular weight excluding hydrogens is 269 g/mol. The average molecular weight is 284 g/mol. The van der Waals surface area contributed by atoms with Gasteiger partial charge in [0.25, 0.3) is 0 Å². The largest absolute Gasteiger partial charge is 0.316 e. The maximum Gasteiger partial charge on any atom is 0.126 e. The second-order valence-electron chi connectivity index (χ2n) is 5.21. The van der Waals surface area contributed by atoms with E-state index in [0.717, 1.165) is 36.0 Å². The molecule has 1 aliphatic heterocycles. The highest BCUT2D eigenvalue weighted by molar-refractivity contribution is 9.10. The molecule has 2 fully saturated rings. The van der Waals surface area contributed by atoms with E-state index in [0.29, 0.717) is 11.3 Å². The predicted octanol–water partition coefficient (Wildman–Crippen LogP) is 3.45. The van der Waals surface area contributed by atoms with E-state index in [9.17, 15) is 4.39 Å². The van der Waals surface area contributed by atoms with Gasteiger partial charge in [-0.15, -0.1) is 0 Å². The summed E-state index contributed by atoms with van der Waals surface area (Å²) >= 11 is 3.42. The van der Waals surface area contributed by atoms with Crippen LogP contribution in [0.5, 0.6) is 0 Å². The van der Waals surface area contributed by atoms with Crippen molar-refractivity contribution in [1.29, 1.82) is 0 Å². The van der Waals surface area contributed by atoms with Gasteiger partial charge in [0.15, 0.2) is 0 Å². The Labute approximate surface area is 104 Å². The van der Waals surface area contributed by atoms with Crippen LogP contribution in [0, 0.1) is 11.2 Å². The minimum Gasteiger partial charge on any atom is -0.316 e. The first-order valence-electron chi connectivity index (χ1n) is 5.84. The van der Waals surface area contributed by atoms with Gasteiger partial charge < -0.3 is 5.32 Å². The summed E-state index contributed by atoms with van der Waals surface area (Å²) in [5.41, 5.74) is 1.39. The SMILES string of the molecule is Fc1ccc(Br)cc1C1CCC2(CNC2)C1. The van der Waals surface area contributed by atoms with Crippen LogP contribution in [-0.2, 0) is 0 Å². The van der Waals surface area contributed by atoms with Crippen molar-refractivity contribution in [1.82, 2.24) is 5.32 Å². The fourth-order valence-corrected chi connectivity index (χ4v) is 3.48. The highest BCUT2D eigenvalue weighted by Gasteiger charge is 2.44. The van der Waals surface area contributed by atoms with E-state index in [-0.39, 0.29) is 5.82 Å². The Morgan fingerprint density at radius 2 is 2.19 bits per heavy atom. The summed E-state index contributed by atoms with van der Waals surface area (Å²) in [6, 6.07) is 5.29. The van der Waals surface area contributed by atoms with Crippen molar-refractivity contribution in [2.45, 2.75) is 25.2 Å². The van der Waals surface area contributed by atoms with Gasteiger partial charge in [0.1, 0.15) is 5.82 Å². The smallest absolute Gasteiger partial charge is 0.126 e. The quantitative estimate of drug-likeness (QED) is 0.833. The third-order valence-corrected chi connectivity index (χ3v) is 4.59. The first kappa shape index (κ1) is 10.7. The molecule has 1 nitrogen and oxygen atoms in total. The molecule has 1 saturated heterocycles. The fraction of sp³-hybridized carbons (Fsp3) is 0.538. The summed E-state index contributed by atoms with van der Waals surface area (Å²) in [6.07, 6.45) is 3.53. The first-order chi connectivity index (χ1) is 7.69. The molecule has 1 saturated carbocycles. The van der Waals surface area contributed by atoms with Crippen molar-refractivity contribution in [2.75, 3.05) is 13.1 Å². The van der Waals surface area contributed by atoms with Gasteiger partial charge in [0.05, 0.1) is 0 Å². The molecule has 0 bridgehead atoms. The Balaban J connectivity index is 1.85. The second-order valence-corrected chi connectivity index (χ2v) is 6.12. The Bertz CT molecular complexity index is 414. The molecule has 1 aliphatic carbocycles. The highest BCUT2D eigenvalue weighted by Crippen LogP contribution is 2.49. The lowest BCUT2D eigenvalue weighted by Crippen LogP contribution is -2.51. The van der Waals surface area contributed by atoms with Crippen molar-refractivity contribution in [3.8, 4) is 0 Å². The lowest BCUT2D eigenvalue weighted by atomic mass is 9.79. The van der Waals surface area contributed by atoms with E-state index in [4.69, 9.17) is 0 Å². The molecule has 86 valence electrons. The lowest BCUT2D eigenvalue weighted by Gasteiger charge is -2.39. The van der Waals surface area contributed by atoms with Crippen LogP contribution in [0.1, 0.15) is 30.7 Å². The van der Waals surface area contributed by atoms with E-state index >= 15 is 0 Å². The molecule has 1 N–H and O–H groups in total. The lowest BCUT2D eigenvalue weighted by molar-refractivity contribution is 0.175. The van der Waals surface area contributed by atoms with Gasteiger partial charge in [0, 0.05) is 17.6 Å². The van der Waals surface area contributed by atoms with Crippen LogP contribution >= 0.6 is 15.9 Å². The van der Waals surface area contributed by atoms with E-state index in [1.165, 1.54) is 6.42 Å². The molecule has 1 unspecified atom stereocenters. The third kappa shape index (κ3) is 1.70. The van der Waals surface area contributed by atoms with Crippen molar-refractivity contribution in [3.05, 3.63) is 34.1 Å². The average Bonchev–Trinajstić information content (AvgIpc) is 2.66. The number of rotatable bonds is 1. The Morgan fingerprint density at radius 1 is 1.38 bits per heavy atom. The van der Waals surface area contributed by atoms with Crippen LogP contribution < -0.4 is 5.32 Å². The third-order valence-electron chi connectivity index (χ3n) is 4.10. The molecule has 0 radical (unpaired) electrons. The van der Waals surface area contributed by atoms with Crippen molar-refractivity contribution in [2.24, 2.45) is 5.41 Å². The van der Waals surface area contributed by atoms with Gasteiger partial charge in [0.2, 0.25) is 0 Å². The number of hydrogen-bond donors (Lipinski definition) is 1. The molecule has 1 aromatic rings. The van der Waals surface area contributed by atoms with E-state index in [2.05, 4.69) is 21.2 Å². The Morgan fingerprint density at radius 3 is 2.81 bits per heavy atom. The number of hydrogen-bond acceptors (Lipinski definition) is 1. The molecule has 0 amide bonds. The van der Waals surface area contributed by atoms with Gasteiger partial charge in [-0.3, -0.25) is 0 Å². The topological polar surface area (TPSA) is 12.0 Å². The van der Waals surface area contributed by atoms with Gasteiger partial charge >= 0.3 is 0 Å². The highest BCUT2D eigenvalue weighted by atomic mass is 79.9. The maximum atomic E-state index is 13.8. The minimum atomic E-state index is -0.0440. The van der Waals surface area contributed by atoms with Crippen LogP contribution in [0.3, 0.4) is 0 Å². The van der Waals surface area contributed by atoms with Gasteiger partial charge in [-0.2, -0.15) is 0 Å². The molecule has 1 spiro atoms. The number of benzene rings is 1. The molecular formula is C13H15BrFN. The van der Waals surface area contributed by atoms with Crippen LogP contribution in [-0.4, -0.2) is 13.1 Å². The normalized spacial score (nSPS) is 27.0. The van der Waals surface area contributed by atoms with Crippen LogP contribution in [0.4, 0.5) is 4.39 Å². The van der Waals surface area contributed by atoms with E-state index < -0.39 is 0 Å². The minimum absolute atomic E-state index is 0.0440. The zero-order valence-corrected chi connectivity index (χ0v) is 10.7. The standard InChI is InChI=1S/C13H15BrFN/c14-10-1-2-12(15)11(5-10)9-3-4-13(6-9)7-16-8-13/h1-2,5,9,16H,3-4,6-8H2. The molecule has 1 heterocycles. The van der Waals surface area contributed by atoms with Crippen LogP contribution in [0.25, 0.3) is 0 Å². The summed E-state index contributed by atoms with van der Waals surface area (Å²) in [4.78, 5) is 0. The molecule has 3 heteroatoms. The summed E-state index contributed by atoms with van der Waals surface area (Å²) in [5, 5.41) is 3.34. The molecule has 3 rings (SSSR count). The van der Waals surface area contributed by atoms with Crippen molar-refractivity contribution < 1.29 is 4.39 Å². The molecule has 16 heavy (non-hydrogen) atoms. The molecule has 1 atom stereocenters. The molecule has 1 aromatic carbocycles. The fourth-order valence-electron chi connectivity index (χ4n) is 3.10. The van der Waals surface area contributed by atoms with Crippen LogP contribution in [0.2, 0.25) is 0 Å². The molecule has 0 aromatic heterocycles. The first-order valence-corrected chi connectivity index (χ1v) is 6.64. The van der Waals surface area contributed by atoms with Gasteiger partial charge in [-0.05, 0) is 54.4 Å². The Hall–Kier alpha value is -0.410. The zero-order chi connectivity index (χ0) is 11.2. The summed E-state index contributed by atoms with van der Waals surface area (Å²) in [5.74, 6) is 0.372. The summed E-state index contributed by atoms with van der Waals surface area (Å²) < 4.78 is 14.7. The van der Waals surface area contributed by atoms with Crippen molar-refractivity contribution in [3.63, 3.8) is 0 Å². The number of nitrogens with one attached hydrogen (secondary N) is 1. The second kappa shape index (κ2) is 3.81. The summed E-state index contributed by atoms with van der Waals surface area (Å²) in [7, 11) is 0. The Kier molecular flexibility index (Phi) is 2.55. The van der Waals surface area contributed by atoms with Gasteiger partial charge in [-0.1, -0.05) is 15.9 Å². The summed E-state index contributed by atoms with van der Waals surface area (Å²) in [6.45, 7) is 2.25. The zero-order valence-electron chi connectivity index (χ0n) is 9.10. The van der Waals surface area contributed by atoms with Crippen molar-refractivity contribution >= 4 is 15.9 Å². The van der Waals surface area contributed by atoms with E-state index in [1.807, 2.05) is 6.07 Å². The number of halogens is 2.